The van der Waals surface area contributed by atoms with Gasteiger partial charge in [-0.3, -0.25) is 4.79 Å². The van der Waals surface area contributed by atoms with Gasteiger partial charge in [0.15, 0.2) is 0 Å². The van der Waals surface area contributed by atoms with Crippen molar-refractivity contribution in [3.05, 3.63) is 0 Å². The van der Waals surface area contributed by atoms with Crippen LogP contribution in [0.1, 0.15) is 19.8 Å². The van der Waals surface area contributed by atoms with E-state index in [0.29, 0.717) is 13.0 Å². The molecule has 0 aromatic rings. The molecule has 0 aliphatic carbocycles. The molecule has 2 N–H and O–H groups in total. The van der Waals surface area contributed by atoms with Crippen LogP contribution in [0.2, 0.25) is 0 Å². The van der Waals surface area contributed by atoms with Crippen molar-refractivity contribution < 1.29 is 19.4 Å². The summed E-state index contributed by atoms with van der Waals surface area (Å²) >= 11 is 0. The lowest BCUT2D eigenvalue weighted by molar-refractivity contribution is -0.141. The number of carbonyl (C=O) groups excluding carboxylic acids is 1. The molecule has 1 heterocycles. The van der Waals surface area contributed by atoms with Gasteiger partial charge in [0.1, 0.15) is 6.10 Å². The minimum absolute atomic E-state index is 0.0204. The average Bonchev–Trinajstić information content (AvgIpc) is 2.31. The molecule has 0 radical (unpaired) electrons. The predicted molar refractivity (Wildman–Crippen MR) is 59.0 cm³/mol. The van der Waals surface area contributed by atoms with E-state index in [1.807, 2.05) is 0 Å². The monoisotopic (exact) mass is 231 g/mol. The van der Waals surface area contributed by atoms with Crippen LogP contribution in [0, 0.1) is 5.92 Å². The molecule has 1 amide bonds. The topological polar surface area (TPSA) is 67.8 Å². The van der Waals surface area contributed by atoms with Gasteiger partial charge in [-0.15, -0.1) is 0 Å². The van der Waals surface area contributed by atoms with Gasteiger partial charge in [0.25, 0.3) is 0 Å². The Morgan fingerprint density at radius 1 is 1.56 bits per heavy atom. The van der Waals surface area contributed by atoms with E-state index < -0.39 is 0 Å². The van der Waals surface area contributed by atoms with Crippen LogP contribution in [-0.2, 0) is 14.3 Å². The summed E-state index contributed by atoms with van der Waals surface area (Å²) in [4.78, 5) is 10.5. The van der Waals surface area contributed by atoms with E-state index in [2.05, 4.69) is 12.2 Å². The number of aliphatic hydroxyl groups excluding tert-OH is 1. The molecule has 0 aromatic carbocycles. The number of aliphatic hydroxyl groups is 1. The number of hydrogen-bond donors (Lipinski definition) is 2. The first-order valence-electron chi connectivity index (χ1n) is 5.71. The molecule has 94 valence electrons. The zero-order valence-corrected chi connectivity index (χ0v) is 9.89. The molecule has 0 aromatic heterocycles. The van der Waals surface area contributed by atoms with E-state index in [1.54, 1.807) is 7.11 Å². The second-order valence-corrected chi connectivity index (χ2v) is 4.15. The zero-order chi connectivity index (χ0) is 12.0. The van der Waals surface area contributed by atoms with Crippen LogP contribution >= 0.6 is 0 Å². The second kappa shape index (κ2) is 6.83. The first-order chi connectivity index (χ1) is 7.76. The molecule has 1 aliphatic heterocycles. The fraction of sp³-hybridized carbons (Fsp3) is 0.909. The third-order valence-corrected chi connectivity index (χ3v) is 3.20. The minimum atomic E-state index is -0.171. The molecule has 0 spiro atoms. The molecular formula is C11H21NO4. The van der Waals surface area contributed by atoms with Crippen LogP contribution in [0.5, 0.6) is 0 Å². The van der Waals surface area contributed by atoms with E-state index in [4.69, 9.17) is 9.47 Å². The number of amides is 1. The molecule has 5 heteroatoms. The van der Waals surface area contributed by atoms with Gasteiger partial charge < -0.3 is 19.9 Å². The van der Waals surface area contributed by atoms with Gasteiger partial charge in [-0.05, 0) is 12.3 Å². The van der Waals surface area contributed by atoms with Crippen molar-refractivity contribution in [3.63, 3.8) is 0 Å². The molecule has 5 nitrogen and oxygen atoms in total. The minimum Gasteiger partial charge on any atom is -0.394 e. The fourth-order valence-electron chi connectivity index (χ4n) is 2.26. The number of carbonyl (C=O) groups is 1. The Labute approximate surface area is 96.1 Å². The highest BCUT2D eigenvalue weighted by Gasteiger charge is 2.36. The first kappa shape index (κ1) is 13.4. The summed E-state index contributed by atoms with van der Waals surface area (Å²) in [5, 5.41) is 12.0. The lowest BCUT2D eigenvalue weighted by atomic mass is 9.86. The standard InChI is InChI=1S/C11H21NO4/c1-3-8-4-9(12-7-14)11(6-15-2)16-10(8)5-13/h7-11,13H,3-6H2,1-2H3,(H,12,14). The van der Waals surface area contributed by atoms with E-state index in [1.165, 1.54) is 0 Å². The lowest BCUT2D eigenvalue weighted by Gasteiger charge is -2.40. The van der Waals surface area contributed by atoms with E-state index >= 15 is 0 Å². The molecule has 1 fully saturated rings. The Kier molecular flexibility index (Phi) is 5.73. The molecular weight excluding hydrogens is 210 g/mol. The van der Waals surface area contributed by atoms with E-state index in [-0.39, 0.29) is 30.8 Å². The van der Waals surface area contributed by atoms with Gasteiger partial charge in [-0.2, -0.15) is 0 Å². The van der Waals surface area contributed by atoms with E-state index in [0.717, 1.165) is 12.8 Å². The summed E-state index contributed by atoms with van der Waals surface area (Å²) in [5.74, 6) is 0.288. The molecule has 16 heavy (non-hydrogen) atoms. The second-order valence-electron chi connectivity index (χ2n) is 4.15. The third kappa shape index (κ3) is 3.17. The van der Waals surface area contributed by atoms with Gasteiger partial charge >= 0.3 is 0 Å². The maximum atomic E-state index is 10.5. The van der Waals surface area contributed by atoms with Gasteiger partial charge in [0.2, 0.25) is 6.41 Å². The molecule has 1 saturated heterocycles. The molecule has 4 atom stereocenters. The highest BCUT2D eigenvalue weighted by molar-refractivity contribution is 5.46. The first-order valence-corrected chi connectivity index (χ1v) is 5.71. The average molecular weight is 231 g/mol. The lowest BCUT2D eigenvalue weighted by Crippen LogP contribution is -2.53. The largest absolute Gasteiger partial charge is 0.394 e. The fourth-order valence-corrected chi connectivity index (χ4v) is 2.26. The number of rotatable bonds is 6. The summed E-state index contributed by atoms with van der Waals surface area (Å²) in [5.41, 5.74) is 0. The number of methoxy groups -OCH3 is 1. The Bertz CT molecular complexity index is 212. The van der Waals surface area contributed by atoms with Crippen LogP contribution in [0.4, 0.5) is 0 Å². The summed E-state index contributed by atoms with van der Waals surface area (Å²) < 4.78 is 10.8. The Balaban J connectivity index is 2.63. The van der Waals surface area contributed by atoms with Crippen molar-refractivity contribution in [3.8, 4) is 0 Å². The van der Waals surface area contributed by atoms with Crippen LogP contribution in [0.25, 0.3) is 0 Å². The molecule has 4 unspecified atom stereocenters. The number of hydrogen-bond acceptors (Lipinski definition) is 4. The quantitative estimate of drug-likeness (QED) is 0.628. The van der Waals surface area contributed by atoms with Crippen molar-refractivity contribution >= 4 is 6.41 Å². The van der Waals surface area contributed by atoms with Crippen LogP contribution in [-0.4, -0.2) is 50.1 Å². The van der Waals surface area contributed by atoms with Crippen molar-refractivity contribution in [2.24, 2.45) is 5.92 Å². The third-order valence-electron chi connectivity index (χ3n) is 3.20. The summed E-state index contributed by atoms with van der Waals surface area (Å²) in [6, 6.07) is -0.0230. The van der Waals surface area contributed by atoms with Gasteiger partial charge in [0.05, 0.1) is 25.4 Å². The van der Waals surface area contributed by atoms with Gasteiger partial charge in [0, 0.05) is 7.11 Å². The van der Waals surface area contributed by atoms with E-state index in [9.17, 15) is 9.90 Å². The normalized spacial score (nSPS) is 34.7. The summed E-state index contributed by atoms with van der Waals surface area (Å²) in [6.45, 7) is 2.51. The predicted octanol–water partition coefficient (Wildman–Crippen LogP) is -0.0766. The Morgan fingerprint density at radius 2 is 2.31 bits per heavy atom. The van der Waals surface area contributed by atoms with Crippen molar-refractivity contribution in [2.75, 3.05) is 20.3 Å². The van der Waals surface area contributed by atoms with Crippen LogP contribution < -0.4 is 5.32 Å². The SMILES string of the molecule is CCC1CC(NC=O)C(COC)OC1CO. The van der Waals surface area contributed by atoms with Crippen molar-refractivity contribution in [1.82, 2.24) is 5.32 Å². The number of ether oxygens (including phenoxy) is 2. The summed E-state index contributed by atoms with van der Waals surface area (Å²) in [6.07, 6.45) is 2.14. The molecule has 1 aliphatic rings. The summed E-state index contributed by atoms with van der Waals surface area (Å²) in [7, 11) is 1.60. The van der Waals surface area contributed by atoms with Gasteiger partial charge in [-0.25, -0.2) is 0 Å². The maximum Gasteiger partial charge on any atom is 0.207 e. The maximum absolute atomic E-state index is 10.5. The highest BCUT2D eigenvalue weighted by Crippen LogP contribution is 2.27. The molecule has 0 saturated carbocycles. The van der Waals surface area contributed by atoms with Crippen molar-refractivity contribution in [2.45, 2.75) is 38.0 Å². The zero-order valence-electron chi connectivity index (χ0n) is 9.89. The van der Waals surface area contributed by atoms with Crippen LogP contribution in [0.3, 0.4) is 0 Å². The molecule has 1 rings (SSSR count). The van der Waals surface area contributed by atoms with Crippen molar-refractivity contribution in [1.29, 1.82) is 0 Å². The Morgan fingerprint density at radius 3 is 2.81 bits per heavy atom. The number of nitrogens with one attached hydrogen (secondary N) is 1. The Hall–Kier alpha value is -0.650. The smallest absolute Gasteiger partial charge is 0.207 e. The highest BCUT2D eigenvalue weighted by atomic mass is 16.5. The van der Waals surface area contributed by atoms with Crippen LogP contribution in [0.15, 0.2) is 0 Å². The van der Waals surface area contributed by atoms with Gasteiger partial charge in [-0.1, -0.05) is 13.3 Å². The molecule has 0 bridgehead atoms.